The van der Waals surface area contributed by atoms with Gasteiger partial charge in [-0.3, -0.25) is 4.98 Å². The van der Waals surface area contributed by atoms with Gasteiger partial charge in [0.1, 0.15) is 5.58 Å². The van der Waals surface area contributed by atoms with Gasteiger partial charge in [-0.1, -0.05) is 103 Å². The molecule has 0 atom stereocenters. The number of hydrogen-bond donors (Lipinski definition) is 0. The number of hydrogen-bond acceptors (Lipinski definition) is 5. The van der Waals surface area contributed by atoms with E-state index in [0.717, 1.165) is 54.7 Å². The summed E-state index contributed by atoms with van der Waals surface area (Å²) in [6, 6.07) is 38.7. The summed E-state index contributed by atoms with van der Waals surface area (Å²) < 4.78 is 17.9. The van der Waals surface area contributed by atoms with Crippen LogP contribution in [0.25, 0.3) is 70.7 Å². The van der Waals surface area contributed by atoms with E-state index in [1.807, 2.05) is 36.5 Å². The molecule has 0 radical (unpaired) electrons. The summed E-state index contributed by atoms with van der Waals surface area (Å²) in [5.41, 5.74) is 11.0. The molecular weight excluding hydrogens is 854 g/mol. The Morgan fingerprint density at radius 3 is 2.30 bits per heavy atom. The monoisotopic (exact) mass is 892 g/mol. The number of para-hydroxylation sites is 3. The first-order valence-electron chi connectivity index (χ1n) is 18.0. The minimum Gasteiger partial charge on any atom is -0.497 e. The number of imidazole rings is 1. The molecule has 7 heteroatoms. The van der Waals surface area contributed by atoms with E-state index in [-0.39, 0.29) is 26.5 Å². The third-order valence-corrected chi connectivity index (χ3v) is 11.2. The van der Waals surface area contributed by atoms with Gasteiger partial charge in [-0.2, -0.15) is 11.3 Å². The fourth-order valence-electron chi connectivity index (χ4n) is 7.38. The number of fused-ring (bicyclic) bond motifs is 1. The summed E-state index contributed by atoms with van der Waals surface area (Å²) in [6.07, 6.45) is 1.89. The SMILES string of the molecule is CC(C)c1cccc(C(C)C)c1-n1c(-c2[c-]c(Oc3[c-]c(-c4cc(C(C)(C)C)ccn4)c4sc5cccc6oc3c4c65)ccc2)nc2ccccc21.[Pt+2]. The van der Waals surface area contributed by atoms with E-state index in [4.69, 9.17) is 19.1 Å². The van der Waals surface area contributed by atoms with Crippen molar-refractivity contribution in [3.8, 4) is 39.8 Å². The van der Waals surface area contributed by atoms with Crippen molar-refractivity contribution in [2.24, 2.45) is 0 Å². The molecule has 0 saturated carbocycles. The van der Waals surface area contributed by atoms with Gasteiger partial charge in [-0.05, 0) is 80.1 Å². The van der Waals surface area contributed by atoms with Gasteiger partial charge in [0.2, 0.25) is 0 Å². The Bertz CT molecular complexity index is 2750. The second-order valence-corrected chi connectivity index (χ2v) is 16.3. The third kappa shape index (κ3) is 5.88. The number of thiophene rings is 1. The van der Waals surface area contributed by atoms with E-state index in [1.54, 1.807) is 11.3 Å². The van der Waals surface area contributed by atoms with Gasteiger partial charge in [0.15, 0.2) is 0 Å². The van der Waals surface area contributed by atoms with Gasteiger partial charge in [0, 0.05) is 27.7 Å². The molecule has 0 unspecified atom stereocenters. The van der Waals surface area contributed by atoms with E-state index in [0.29, 0.717) is 28.9 Å². The van der Waals surface area contributed by atoms with Crippen LogP contribution >= 0.6 is 11.3 Å². The number of benzene rings is 5. The van der Waals surface area contributed by atoms with Crippen LogP contribution in [0.3, 0.4) is 0 Å². The molecule has 0 saturated heterocycles. The minimum absolute atomic E-state index is 0. The minimum atomic E-state index is -0.0298. The van der Waals surface area contributed by atoms with Gasteiger partial charge in [0.25, 0.3) is 0 Å². The van der Waals surface area contributed by atoms with Crippen molar-refractivity contribution in [1.29, 1.82) is 0 Å². The Kier molecular flexibility index (Phi) is 8.83. The number of pyridine rings is 1. The predicted molar refractivity (Wildman–Crippen MR) is 215 cm³/mol. The van der Waals surface area contributed by atoms with Crippen molar-refractivity contribution in [2.75, 3.05) is 0 Å². The van der Waals surface area contributed by atoms with E-state index in [9.17, 15) is 0 Å². The molecule has 53 heavy (non-hydrogen) atoms. The quantitative estimate of drug-likeness (QED) is 0.150. The number of furan rings is 1. The molecule has 0 spiro atoms. The third-order valence-electron chi connectivity index (χ3n) is 10.0. The van der Waals surface area contributed by atoms with Gasteiger partial charge in [0.05, 0.1) is 28.2 Å². The molecule has 0 bridgehead atoms. The van der Waals surface area contributed by atoms with Gasteiger partial charge < -0.3 is 18.7 Å². The summed E-state index contributed by atoms with van der Waals surface area (Å²) in [5.74, 6) is 2.52. The molecule has 0 aliphatic carbocycles. The van der Waals surface area contributed by atoms with Crippen LogP contribution in [0, 0.1) is 12.1 Å². The van der Waals surface area contributed by atoms with Crippen molar-refractivity contribution < 1.29 is 30.2 Å². The maximum absolute atomic E-state index is 6.79. The average molecular weight is 893 g/mol. The normalized spacial score (nSPS) is 12.2. The van der Waals surface area contributed by atoms with Crippen LogP contribution in [0.5, 0.6) is 11.5 Å². The van der Waals surface area contributed by atoms with Crippen LogP contribution in [0.2, 0.25) is 0 Å². The fraction of sp³-hybridized carbons (Fsp3) is 0.217. The molecule has 0 amide bonds. The van der Waals surface area contributed by atoms with Crippen LogP contribution in [0.1, 0.15) is 77.0 Å². The van der Waals surface area contributed by atoms with Crippen molar-refractivity contribution in [1.82, 2.24) is 14.5 Å². The molecule has 9 aromatic rings. The van der Waals surface area contributed by atoms with Crippen molar-refractivity contribution in [3.63, 3.8) is 0 Å². The van der Waals surface area contributed by atoms with Crippen LogP contribution in [0.15, 0.2) is 102 Å². The summed E-state index contributed by atoms with van der Waals surface area (Å²) >= 11 is 1.75. The summed E-state index contributed by atoms with van der Waals surface area (Å²) in [7, 11) is 0. The summed E-state index contributed by atoms with van der Waals surface area (Å²) in [6.45, 7) is 15.7. The molecule has 0 aliphatic heterocycles. The molecule has 0 aliphatic rings. The fourth-order valence-corrected chi connectivity index (χ4v) is 8.61. The number of rotatable bonds is 7. The number of ether oxygens (including phenoxy) is 1. The summed E-state index contributed by atoms with van der Waals surface area (Å²) in [4.78, 5) is 10.1. The van der Waals surface area contributed by atoms with Gasteiger partial charge in [-0.25, -0.2) is 0 Å². The van der Waals surface area contributed by atoms with Crippen LogP contribution in [0.4, 0.5) is 0 Å². The van der Waals surface area contributed by atoms with Crippen molar-refractivity contribution in [2.45, 2.75) is 65.7 Å². The first-order chi connectivity index (χ1) is 25.1. The zero-order chi connectivity index (χ0) is 35.9. The van der Waals surface area contributed by atoms with Crippen LogP contribution in [-0.4, -0.2) is 14.5 Å². The molecule has 9 rings (SSSR count). The van der Waals surface area contributed by atoms with Gasteiger partial charge >= 0.3 is 21.1 Å². The van der Waals surface area contributed by atoms with Crippen molar-refractivity contribution >= 4 is 53.7 Å². The smallest absolute Gasteiger partial charge is 0.497 e. The number of nitrogens with zero attached hydrogens (tertiary/aromatic N) is 3. The molecule has 266 valence electrons. The Morgan fingerprint density at radius 1 is 0.811 bits per heavy atom. The summed E-state index contributed by atoms with van der Waals surface area (Å²) in [5, 5.41) is 2.16. The maximum Gasteiger partial charge on any atom is 2.00 e. The van der Waals surface area contributed by atoms with E-state index in [2.05, 4.69) is 126 Å². The second kappa shape index (κ2) is 13.3. The maximum atomic E-state index is 6.79. The molecular formula is C46H39N3O2PtS. The average Bonchev–Trinajstić information content (AvgIpc) is 3.84. The van der Waals surface area contributed by atoms with Crippen LogP contribution < -0.4 is 4.74 Å². The Morgan fingerprint density at radius 2 is 1.55 bits per heavy atom. The standard InChI is InChI=1S/C46H39N3O2S.Pt/c1-26(2)31-15-11-16-32(27(3)4)42(31)49-36-18-9-8-17-34(36)48-45(49)28-13-10-14-30(23-28)50-38-25-33(35-24-29(21-22-47-35)46(5,6)7)44-41-40-37(51-43(38)41)19-12-20-39(40)52-44;/h8-22,24,26-27H,1-7H3;/q-2;+2. The van der Waals surface area contributed by atoms with Crippen LogP contribution in [-0.2, 0) is 26.5 Å². The Balaban J connectivity index is 0.00000400. The van der Waals surface area contributed by atoms with E-state index in [1.165, 1.54) is 27.1 Å². The first-order valence-corrected chi connectivity index (χ1v) is 18.8. The molecule has 4 heterocycles. The van der Waals surface area contributed by atoms with E-state index < -0.39 is 0 Å². The molecule has 5 aromatic carbocycles. The predicted octanol–water partition coefficient (Wildman–Crippen LogP) is 13.2. The Hall–Kier alpha value is -4.77. The van der Waals surface area contributed by atoms with Gasteiger partial charge in [-0.15, -0.1) is 29.3 Å². The molecule has 4 aromatic heterocycles. The largest absolute Gasteiger partial charge is 2.00 e. The zero-order valence-corrected chi connectivity index (χ0v) is 33.9. The number of aromatic nitrogens is 3. The second-order valence-electron chi connectivity index (χ2n) is 15.3. The topological polar surface area (TPSA) is 53.1 Å². The molecule has 5 nitrogen and oxygen atoms in total. The van der Waals surface area contributed by atoms with E-state index >= 15 is 0 Å². The zero-order valence-electron chi connectivity index (χ0n) is 30.8. The first kappa shape index (κ1) is 35.3. The molecule has 0 fully saturated rings. The van der Waals surface area contributed by atoms with Crippen molar-refractivity contribution in [3.05, 3.63) is 126 Å². The molecule has 0 N–H and O–H groups in total. The Labute approximate surface area is 328 Å².